The number of hydrogen-bond acceptors (Lipinski definition) is 4. The van der Waals surface area contributed by atoms with Crippen molar-refractivity contribution in [1.82, 2.24) is 10.2 Å². The molecule has 7 nitrogen and oxygen atoms in total. The van der Waals surface area contributed by atoms with E-state index in [9.17, 15) is 18.0 Å². The van der Waals surface area contributed by atoms with Gasteiger partial charge in [0.2, 0.25) is 11.8 Å². The average Bonchev–Trinajstić information content (AvgIpc) is 3.06. The fourth-order valence-corrected chi connectivity index (χ4v) is 7.49. The van der Waals surface area contributed by atoms with Crippen LogP contribution in [0, 0.1) is 0 Å². The van der Waals surface area contributed by atoms with E-state index in [1.54, 1.807) is 18.2 Å². The molecule has 10 heteroatoms. The molecule has 5 rings (SSSR count). The normalized spacial score (nSPS) is 14.3. The first-order valence-corrected chi connectivity index (χ1v) is 17.6. The van der Waals surface area contributed by atoms with E-state index in [1.807, 2.05) is 60.7 Å². The summed E-state index contributed by atoms with van der Waals surface area (Å²) < 4.78 is 29.3. The van der Waals surface area contributed by atoms with E-state index in [1.165, 1.54) is 35.2 Å². The van der Waals surface area contributed by atoms with Gasteiger partial charge in [-0.3, -0.25) is 13.9 Å². The topological polar surface area (TPSA) is 86.8 Å². The Morgan fingerprint density at radius 2 is 1.39 bits per heavy atom. The number of rotatable bonds is 12. The number of nitrogens with zero attached hydrogens (tertiary/aromatic N) is 2. The second kappa shape index (κ2) is 15.6. The van der Waals surface area contributed by atoms with E-state index in [4.69, 9.17) is 23.2 Å². The average molecular weight is 679 g/mol. The minimum absolute atomic E-state index is 0.0291. The zero-order valence-corrected chi connectivity index (χ0v) is 27.7. The Morgan fingerprint density at radius 3 is 2.02 bits per heavy atom. The smallest absolute Gasteiger partial charge is 0.264 e. The predicted octanol–water partition coefficient (Wildman–Crippen LogP) is 7.28. The summed E-state index contributed by atoms with van der Waals surface area (Å²) in [6.07, 6.45) is 5.26. The van der Waals surface area contributed by atoms with E-state index in [0.29, 0.717) is 10.0 Å². The number of anilines is 1. The van der Waals surface area contributed by atoms with Crippen molar-refractivity contribution in [3.05, 3.63) is 130 Å². The summed E-state index contributed by atoms with van der Waals surface area (Å²) >= 11 is 12.4. The molecule has 1 fully saturated rings. The lowest BCUT2D eigenvalue weighted by Gasteiger charge is -2.35. The van der Waals surface area contributed by atoms with Gasteiger partial charge in [-0.25, -0.2) is 8.42 Å². The van der Waals surface area contributed by atoms with Gasteiger partial charge in [0.15, 0.2) is 0 Å². The molecule has 2 amide bonds. The number of carbonyl (C=O) groups is 2. The predicted molar refractivity (Wildman–Crippen MR) is 183 cm³/mol. The summed E-state index contributed by atoms with van der Waals surface area (Å²) in [7, 11) is -4.25. The van der Waals surface area contributed by atoms with Gasteiger partial charge in [0, 0.05) is 29.1 Å². The highest BCUT2D eigenvalue weighted by Gasteiger charge is 2.35. The van der Waals surface area contributed by atoms with Gasteiger partial charge < -0.3 is 10.2 Å². The van der Waals surface area contributed by atoms with Crippen LogP contribution in [-0.4, -0.2) is 43.8 Å². The van der Waals surface area contributed by atoms with Crippen LogP contribution in [0.1, 0.15) is 43.2 Å². The number of sulfonamides is 1. The van der Waals surface area contributed by atoms with Crippen molar-refractivity contribution in [2.24, 2.45) is 0 Å². The van der Waals surface area contributed by atoms with Crippen molar-refractivity contribution >= 4 is 50.7 Å². The van der Waals surface area contributed by atoms with Crippen LogP contribution in [0.2, 0.25) is 10.0 Å². The largest absolute Gasteiger partial charge is 0.352 e. The molecule has 1 saturated carbocycles. The third-order valence-electron chi connectivity index (χ3n) is 8.20. The molecule has 1 atom stereocenters. The molecule has 0 spiro atoms. The zero-order chi connectivity index (χ0) is 32.5. The number of halogens is 2. The second-order valence-corrected chi connectivity index (χ2v) is 14.2. The molecule has 46 heavy (non-hydrogen) atoms. The van der Waals surface area contributed by atoms with Crippen LogP contribution in [0.3, 0.4) is 0 Å². The van der Waals surface area contributed by atoms with Crippen molar-refractivity contribution in [2.75, 3.05) is 10.8 Å². The molecular formula is C36H37Cl2N3O4S. The molecule has 0 heterocycles. The van der Waals surface area contributed by atoms with Crippen molar-refractivity contribution in [3.8, 4) is 0 Å². The van der Waals surface area contributed by atoms with E-state index in [-0.39, 0.29) is 35.5 Å². The van der Waals surface area contributed by atoms with Crippen LogP contribution in [0.15, 0.2) is 114 Å². The van der Waals surface area contributed by atoms with Gasteiger partial charge in [-0.1, -0.05) is 109 Å². The SMILES string of the molecule is O=C(NC1CCCCC1)[C@@H](Cc1ccccc1)N(Cc1ccccc1)C(=O)CN(c1cccc(Cl)c1)S(=O)(=O)c1ccc(Cl)cc1. The lowest BCUT2D eigenvalue weighted by atomic mass is 9.94. The quantitative estimate of drug-likeness (QED) is 0.171. The maximum atomic E-state index is 14.6. The van der Waals surface area contributed by atoms with Crippen molar-refractivity contribution < 1.29 is 18.0 Å². The monoisotopic (exact) mass is 677 g/mol. The summed E-state index contributed by atoms with van der Waals surface area (Å²) in [4.78, 5) is 30.2. The fraction of sp³-hybridized carbons (Fsp3) is 0.278. The Kier molecular flexibility index (Phi) is 11.4. The molecule has 1 aliphatic carbocycles. The van der Waals surface area contributed by atoms with Crippen molar-refractivity contribution in [3.63, 3.8) is 0 Å². The van der Waals surface area contributed by atoms with Crippen LogP contribution in [0.5, 0.6) is 0 Å². The lowest BCUT2D eigenvalue weighted by molar-refractivity contribution is -0.140. The molecule has 240 valence electrons. The highest BCUT2D eigenvalue weighted by molar-refractivity contribution is 7.92. The number of hydrogen-bond donors (Lipinski definition) is 1. The Hall–Kier alpha value is -3.85. The molecule has 4 aromatic carbocycles. The second-order valence-electron chi connectivity index (χ2n) is 11.5. The fourth-order valence-electron chi connectivity index (χ4n) is 5.77. The molecule has 0 unspecified atom stereocenters. The van der Waals surface area contributed by atoms with E-state index in [2.05, 4.69) is 5.32 Å². The van der Waals surface area contributed by atoms with Crippen LogP contribution in [0.4, 0.5) is 5.69 Å². The summed E-state index contributed by atoms with van der Waals surface area (Å²) in [5.74, 6) is -0.781. The van der Waals surface area contributed by atoms with Gasteiger partial charge >= 0.3 is 0 Å². The highest BCUT2D eigenvalue weighted by Crippen LogP contribution is 2.28. The Bertz CT molecular complexity index is 1720. The maximum absolute atomic E-state index is 14.6. The van der Waals surface area contributed by atoms with Gasteiger partial charge in [-0.15, -0.1) is 0 Å². The molecule has 4 aromatic rings. The summed E-state index contributed by atoms with van der Waals surface area (Å²) in [6, 6.07) is 30.2. The van der Waals surface area contributed by atoms with E-state index in [0.717, 1.165) is 47.5 Å². The highest BCUT2D eigenvalue weighted by atomic mass is 35.5. The number of carbonyl (C=O) groups excluding carboxylic acids is 2. The maximum Gasteiger partial charge on any atom is 0.264 e. The van der Waals surface area contributed by atoms with Gasteiger partial charge in [-0.2, -0.15) is 0 Å². The molecule has 0 radical (unpaired) electrons. The molecular weight excluding hydrogens is 641 g/mol. The third-order valence-corrected chi connectivity index (χ3v) is 10.5. The zero-order valence-electron chi connectivity index (χ0n) is 25.4. The minimum atomic E-state index is -4.25. The summed E-state index contributed by atoms with van der Waals surface area (Å²) in [6.45, 7) is -0.445. The summed E-state index contributed by atoms with van der Waals surface area (Å²) in [5.41, 5.74) is 1.92. The van der Waals surface area contributed by atoms with Gasteiger partial charge in [0.25, 0.3) is 10.0 Å². The van der Waals surface area contributed by atoms with E-state index >= 15 is 0 Å². The first-order chi connectivity index (χ1) is 22.2. The van der Waals surface area contributed by atoms with Gasteiger partial charge in [0.05, 0.1) is 10.6 Å². The Morgan fingerprint density at radius 1 is 0.761 bits per heavy atom. The molecule has 1 aliphatic rings. The standard InChI is InChI=1S/C36H37Cl2N3O4S/c37-29-19-21-33(22-20-29)46(44,45)41(32-18-10-15-30(38)24-32)26-35(42)40(25-28-13-6-2-7-14-28)34(23-27-11-4-1-5-12-27)36(43)39-31-16-8-3-9-17-31/h1-2,4-7,10-15,18-22,24,31,34H,3,8-9,16-17,23,25-26H2,(H,39,43)/t34-/m1/s1. The molecule has 0 aliphatic heterocycles. The van der Waals surface area contributed by atoms with Crippen LogP contribution in [0.25, 0.3) is 0 Å². The van der Waals surface area contributed by atoms with Gasteiger partial charge in [0.1, 0.15) is 12.6 Å². The molecule has 0 saturated heterocycles. The van der Waals surface area contributed by atoms with Crippen LogP contribution in [-0.2, 0) is 32.6 Å². The summed E-state index contributed by atoms with van der Waals surface area (Å²) in [5, 5.41) is 3.92. The molecule has 0 bridgehead atoms. The van der Waals surface area contributed by atoms with Gasteiger partial charge in [-0.05, 0) is 66.4 Å². The molecule has 0 aromatic heterocycles. The van der Waals surface area contributed by atoms with Crippen LogP contribution < -0.4 is 9.62 Å². The Labute approximate surface area is 281 Å². The van der Waals surface area contributed by atoms with Crippen molar-refractivity contribution in [2.45, 2.75) is 62.0 Å². The van der Waals surface area contributed by atoms with E-state index < -0.39 is 28.5 Å². The number of amides is 2. The third kappa shape index (κ3) is 8.69. The number of nitrogens with one attached hydrogen (secondary N) is 1. The first kappa shape index (κ1) is 33.5. The first-order valence-electron chi connectivity index (χ1n) is 15.4. The lowest BCUT2D eigenvalue weighted by Crippen LogP contribution is -2.55. The number of benzene rings is 4. The Balaban J connectivity index is 1.55. The minimum Gasteiger partial charge on any atom is -0.352 e. The van der Waals surface area contributed by atoms with Crippen molar-refractivity contribution in [1.29, 1.82) is 0 Å². The molecule has 1 N–H and O–H groups in total. The van der Waals surface area contributed by atoms with Crippen LogP contribution >= 0.6 is 23.2 Å².